The summed E-state index contributed by atoms with van der Waals surface area (Å²) in [7, 11) is 0. The van der Waals surface area contributed by atoms with Crippen LogP contribution in [-0.2, 0) is 4.79 Å². The number of amides is 3. The number of halogens is 2. The SMILES string of the molecule is CCOc1ccc([C@H]2NC(=O)NC(C)=C2C(=O)Nc2ccc(F)c(F)c2)cc1. The van der Waals surface area contributed by atoms with Gasteiger partial charge in [-0.2, -0.15) is 0 Å². The monoisotopic (exact) mass is 387 g/mol. The highest BCUT2D eigenvalue weighted by molar-refractivity contribution is 6.06. The van der Waals surface area contributed by atoms with Gasteiger partial charge in [-0.1, -0.05) is 12.1 Å². The van der Waals surface area contributed by atoms with Crippen molar-refractivity contribution in [3.8, 4) is 5.75 Å². The molecule has 0 aromatic heterocycles. The molecule has 0 fully saturated rings. The van der Waals surface area contributed by atoms with Crippen LogP contribution in [0, 0.1) is 11.6 Å². The first-order valence-corrected chi connectivity index (χ1v) is 8.66. The fourth-order valence-electron chi connectivity index (χ4n) is 2.94. The second-order valence-electron chi connectivity index (χ2n) is 6.16. The second kappa shape index (κ2) is 8.08. The number of carbonyl (C=O) groups is 2. The van der Waals surface area contributed by atoms with Gasteiger partial charge in [0.1, 0.15) is 5.75 Å². The standard InChI is InChI=1S/C20H19F2N3O3/c1-3-28-14-7-4-12(5-8-14)18-17(11(2)23-20(27)25-18)19(26)24-13-6-9-15(21)16(22)10-13/h4-10,18H,3H2,1-2H3,(H,24,26)(H2,23,25,27)/t18-/m1/s1. The summed E-state index contributed by atoms with van der Waals surface area (Å²) in [5.74, 6) is -1.95. The van der Waals surface area contributed by atoms with Crippen LogP contribution in [0.2, 0.25) is 0 Å². The van der Waals surface area contributed by atoms with Gasteiger partial charge in [0.25, 0.3) is 5.91 Å². The van der Waals surface area contributed by atoms with Crippen LogP contribution >= 0.6 is 0 Å². The van der Waals surface area contributed by atoms with E-state index in [4.69, 9.17) is 4.74 Å². The van der Waals surface area contributed by atoms with E-state index in [-0.39, 0.29) is 11.3 Å². The average Bonchev–Trinajstić information content (AvgIpc) is 2.65. The van der Waals surface area contributed by atoms with E-state index < -0.39 is 29.6 Å². The third-order valence-corrected chi connectivity index (χ3v) is 4.22. The van der Waals surface area contributed by atoms with Crippen molar-refractivity contribution in [2.45, 2.75) is 19.9 Å². The van der Waals surface area contributed by atoms with Gasteiger partial charge in [-0.3, -0.25) is 4.79 Å². The van der Waals surface area contributed by atoms with Crippen LogP contribution in [0.15, 0.2) is 53.7 Å². The van der Waals surface area contributed by atoms with Crippen molar-refractivity contribution in [2.24, 2.45) is 0 Å². The predicted molar refractivity (Wildman–Crippen MR) is 99.7 cm³/mol. The molecule has 0 unspecified atom stereocenters. The number of benzene rings is 2. The molecule has 1 atom stereocenters. The van der Waals surface area contributed by atoms with Crippen LogP contribution in [-0.4, -0.2) is 18.5 Å². The highest BCUT2D eigenvalue weighted by atomic mass is 19.2. The summed E-state index contributed by atoms with van der Waals surface area (Å²) in [6, 6.07) is 8.91. The van der Waals surface area contributed by atoms with Crippen molar-refractivity contribution in [1.82, 2.24) is 10.6 Å². The van der Waals surface area contributed by atoms with E-state index in [1.54, 1.807) is 31.2 Å². The summed E-state index contributed by atoms with van der Waals surface area (Å²) in [5.41, 5.74) is 1.40. The molecule has 0 radical (unpaired) electrons. The van der Waals surface area contributed by atoms with Crippen molar-refractivity contribution in [2.75, 3.05) is 11.9 Å². The molecule has 3 N–H and O–H groups in total. The minimum Gasteiger partial charge on any atom is -0.494 e. The quantitative estimate of drug-likeness (QED) is 0.733. The molecule has 0 spiro atoms. The van der Waals surface area contributed by atoms with Gasteiger partial charge in [0.05, 0.1) is 18.2 Å². The van der Waals surface area contributed by atoms with Crippen LogP contribution in [0.5, 0.6) is 5.75 Å². The number of rotatable bonds is 5. The predicted octanol–water partition coefficient (Wildman–Crippen LogP) is 3.63. The lowest BCUT2D eigenvalue weighted by molar-refractivity contribution is -0.113. The summed E-state index contributed by atoms with van der Waals surface area (Å²) in [4.78, 5) is 24.8. The minimum atomic E-state index is -1.07. The normalized spacial score (nSPS) is 16.3. The Morgan fingerprint density at radius 1 is 1.14 bits per heavy atom. The highest BCUT2D eigenvalue weighted by Crippen LogP contribution is 2.29. The number of hydrogen-bond donors (Lipinski definition) is 3. The van der Waals surface area contributed by atoms with Crippen molar-refractivity contribution >= 4 is 17.6 Å². The Hall–Kier alpha value is -3.42. The second-order valence-corrected chi connectivity index (χ2v) is 6.16. The van der Waals surface area contributed by atoms with Crippen LogP contribution in [0.4, 0.5) is 19.3 Å². The van der Waals surface area contributed by atoms with E-state index in [0.717, 1.165) is 12.1 Å². The summed E-state index contributed by atoms with van der Waals surface area (Å²) >= 11 is 0. The molecule has 146 valence electrons. The molecule has 3 amide bonds. The number of nitrogens with one attached hydrogen (secondary N) is 3. The molecular formula is C20H19F2N3O3. The summed E-state index contributed by atoms with van der Waals surface area (Å²) in [5, 5.41) is 7.80. The first kappa shape index (κ1) is 19.3. The molecule has 1 heterocycles. The molecule has 8 heteroatoms. The topological polar surface area (TPSA) is 79.5 Å². The van der Waals surface area contributed by atoms with E-state index >= 15 is 0 Å². The zero-order valence-electron chi connectivity index (χ0n) is 15.3. The van der Waals surface area contributed by atoms with Gasteiger partial charge in [0.15, 0.2) is 11.6 Å². The number of allylic oxidation sites excluding steroid dienone is 1. The van der Waals surface area contributed by atoms with Gasteiger partial charge in [-0.15, -0.1) is 0 Å². The van der Waals surface area contributed by atoms with Crippen LogP contribution in [0.25, 0.3) is 0 Å². The lowest BCUT2D eigenvalue weighted by Crippen LogP contribution is -2.45. The fourth-order valence-corrected chi connectivity index (χ4v) is 2.94. The lowest BCUT2D eigenvalue weighted by atomic mass is 9.94. The molecule has 0 bridgehead atoms. The maximum Gasteiger partial charge on any atom is 0.319 e. The Balaban J connectivity index is 1.90. The van der Waals surface area contributed by atoms with E-state index in [1.807, 2.05) is 6.92 Å². The molecule has 0 saturated carbocycles. The molecule has 0 saturated heterocycles. The smallest absolute Gasteiger partial charge is 0.319 e. The number of urea groups is 1. The molecule has 6 nitrogen and oxygen atoms in total. The Kier molecular flexibility index (Phi) is 5.58. The van der Waals surface area contributed by atoms with Crippen LogP contribution in [0.3, 0.4) is 0 Å². The van der Waals surface area contributed by atoms with Crippen molar-refractivity contribution in [1.29, 1.82) is 0 Å². The third-order valence-electron chi connectivity index (χ3n) is 4.22. The van der Waals surface area contributed by atoms with Gasteiger partial charge in [-0.05, 0) is 43.7 Å². The number of anilines is 1. The van der Waals surface area contributed by atoms with Gasteiger partial charge >= 0.3 is 6.03 Å². The lowest BCUT2D eigenvalue weighted by Gasteiger charge is -2.28. The molecule has 2 aromatic carbocycles. The zero-order valence-corrected chi connectivity index (χ0v) is 15.3. The van der Waals surface area contributed by atoms with Gasteiger partial charge in [-0.25, -0.2) is 13.6 Å². The fraction of sp³-hybridized carbons (Fsp3) is 0.200. The van der Waals surface area contributed by atoms with E-state index in [9.17, 15) is 18.4 Å². The Morgan fingerprint density at radius 3 is 2.50 bits per heavy atom. The molecule has 3 rings (SSSR count). The summed E-state index contributed by atoms with van der Waals surface area (Å²) < 4.78 is 31.9. The number of hydrogen-bond acceptors (Lipinski definition) is 3. The van der Waals surface area contributed by atoms with Crippen molar-refractivity contribution in [3.05, 3.63) is 70.9 Å². The van der Waals surface area contributed by atoms with Gasteiger partial charge in [0, 0.05) is 17.5 Å². The third kappa shape index (κ3) is 4.11. The van der Waals surface area contributed by atoms with Crippen LogP contribution in [0.1, 0.15) is 25.5 Å². The Morgan fingerprint density at radius 2 is 1.86 bits per heavy atom. The minimum absolute atomic E-state index is 0.103. The Bertz CT molecular complexity index is 942. The number of ether oxygens (including phenoxy) is 1. The molecule has 1 aliphatic heterocycles. The molecule has 2 aromatic rings. The van der Waals surface area contributed by atoms with Crippen molar-refractivity contribution < 1.29 is 23.1 Å². The van der Waals surface area contributed by atoms with Gasteiger partial charge in [0.2, 0.25) is 0 Å². The molecule has 0 aliphatic carbocycles. The molecular weight excluding hydrogens is 368 g/mol. The van der Waals surface area contributed by atoms with E-state index in [2.05, 4.69) is 16.0 Å². The first-order valence-electron chi connectivity index (χ1n) is 8.66. The van der Waals surface area contributed by atoms with Gasteiger partial charge < -0.3 is 20.7 Å². The van der Waals surface area contributed by atoms with E-state index in [1.165, 1.54) is 6.07 Å². The highest BCUT2D eigenvalue weighted by Gasteiger charge is 2.31. The maximum atomic E-state index is 13.4. The average molecular weight is 387 g/mol. The van der Waals surface area contributed by atoms with E-state index in [0.29, 0.717) is 23.6 Å². The zero-order chi connectivity index (χ0) is 20.3. The largest absolute Gasteiger partial charge is 0.494 e. The maximum absolute atomic E-state index is 13.4. The molecule has 28 heavy (non-hydrogen) atoms. The van der Waals surface area contributed by atoms with Crippen molar-refractivity contribution in [3.63, 3.8) is 0 Å². The summed E-state index contributed by atoms with van der Waals surface area (Å²) in [6.45, 7) is 3.98. The molecule has 1 aliphatic rings. The Labute approximate surface area is 160 Å². The summed E-state index contributed by atoms with van der Waals surface area (Å²) in [6.07, 6.45) is 0. The number of carbonyl (C=O) groups excluding carboxylic acids is 2. The first-order chi connectivity index (χ1) is 13.4. The van der Waals surface area contributed by atoms with Crippen LogP contribution < -0.4 is 20.7 Å².